The number of nitrogens with zero attached hydrogens (tertiary/aromatic N) is 3. The highest BCUT2D eigenvalue weighted by molar-refractivity contribution is 7.58. The van der Waals surface area contributed by atoms with E-state index in [0.717, 1.165) is 0 Å². The van der Waals surface area contributed by atoms with E-state index in [-0.39, 0.29) is 0 Å². The molecule has 56 valence electrons. The van der Waals surface area contributed by atoms with Gasteiger partial charge in [0.1, 0.15) is 11.9 Å². The van der Waals surface area contributed by atoms with E-state index in [1.807, 2.05) is 6.07 Å². The van der Waals surface area contributed by atoms with Gasteiger partial charge in [-0.15, -0.1) is 0 Å². The van der Waals surface area contributed by atoms with E-state index < -0.39 is 0 Å². The van der Waals surface area contributed by atoms with Crippen LogP contribution in [0, 0.1) is 25.2 Å². The second-order valence-corrected chi connectivity index (χ2v) is 2.53. The molecule has 0 aliphatic rings. The second-order valence-electron chi connectivity index (χ2n) is 2.15. The standard InChI is InChI=1S/C7H7N3S/c1-4-6(3-8)7(11)10-5(2)9-4/h1-2H3,(H,9,10,11)/p-1. The molecule has 0 unspecified atom stereocenters. The first-order valence-electron chi connectivity index (χ1n) is 3.07. The molecule has 11 heavy (non-hydrogen) atoms. The van der Waals surface area contributed by atoms with Crippen molar-refractivity contribution in [2.45, 2.75) is 18.9 Å². The molecular formula is C7H6N3S-. The molecule has 1 aromatic heterocycles. The molecule has 0 saturated carbocycles. The predicted octanol–water partition coefficient (Wildman–Crippen LogP) is 0.871. The topological polar surface area (TPSA) is 49.6 Å². The highest BCUT2D eigenvalue weighted by atomic mass is 32.1. The third-order valence-corrected chi connectivity index (χ3v) is 1.58. The van der Waals surface area contributed by atoms with Crippen molar-refractivity contribution in [2.24, 2.45) is 0 Å². The van der Waals surface area contributed by atoms with Gasteiger partial charge in [0.2, 0.25) is 0 Å². The first-order chi connectivity index (χ1) is 5.15. The molecule has 0 amide bonds. The second kappa shape index (κ2) is 2.81. The molecule has 1 heterocycles. The van der Waals surface area contributed by atoms with Crippen LogP contribution in [0.2, 0.25) is 0 Å². The molecule has 0 bridgehead atoms. The van der Waals surface area contributed by atoms with E-state index in [2.05, 4.69) is 9.97 Å². The van der Waals surface area contributed by atoms with Crippen LogP contribution in [0.5, 0.6) is 0 Å². The number of nitriles is 1. The average Bonchev–Trinajstić information content (AvgIpc) is 1.85. The Bertz CT molecular complexity index is 304. The summed E-state index contributed by atoms with van der Waals surface area (Å²) >= 11 is 4.85. The van der Waals surface area contributed by atoms with Crippen molar-refractivity contribution >= 4 is 12.6 Å². The molecule has 0 fully saturated rings. The number of aryl methyl sites for hydroxylation is 2. The zero-order chi connectivity index (χ0) is 8.43. The zero-order valence-electron chi connectivity index (χ0n) is 6.25. The summed E-state index contributed by atoms with van der Waals surface area (Å²) in [6.45, 7) is 3.51. The summed E-state index contributed by atoms with van der Waals surface area (Å²) in [5.41, 5.74) is 1.07. The van der Waals surface area contributed by atoms with E-state index in [1.54, 1.807) is 13.8 Å². The molecule has 4 heteroatoms. The highest BCUT2D eigenvalue weighted by Crippen LogP contribution is 2.07. The summed E-state index contributed by atoms with van der Waals surface area (Å²) < 4.78 is 0. The van der Waals surface area contributed by atoms with Crippen molar-refractivity contribution < 1.29 is 0 Å². The smallest absolute Gasteiger partial charge is 0.123 e. The minimum absolute atomic E-state index is 0.345. The van der Waals surface area contributed by atoms with E-state index in [1.165, 1.54) is 0 Å². The van der Waals surface area contributed by atoms with E-state index >= 15 is 0 Å². The fraction of sp³-hybridized carbons (Fsp3) is 0.286. The minimum atomic E-state index is 0.345. The minimum Gasteiger partial charge on any atom is -0.759 e. The highest BCUT2D eigenvalue weighted by Gasteiger charge is 1.99. The van der Waals surface area contributed by atoms with Crippen LogP contribution >= 0.6 is 0 Å². The fourth-order valence-electron chi connectivity index (χ4n) is 0.810. The number of hydrogen-bond donors (Lipinski definition) is 0. The van der Waals surface area contributed by atoms with Gasteiger partial charge in [0.25, 0.3) is 0 Å². The van der Waals surface area contributed by atoms with E-state index in [0.29, 0.717) is 22.1 Å². The van der Waals surface area contributed by atoms with Gasteiger partial charge in [-0.05, 0) is 13.8 Å². The molecule has 0 radical (unpaired) electrons. The van der Waals surface area contributed by atoms with E-state index in [4.69, 9.17) is 17.9 Å². The molecule has 0 aliphatic heterocycles. The van der Waals surface area contributed by atoms with Gasteiger partial charge in [-0.2, -0.15) is 5.26 Å². The van der Waals surface area contributed by atoms with Crippen LogP contribution in [0.4, 0.5) is 0 Å². The Hall–Kier alpha value is -1.21. The molecule has 0 atom stereocenters. The maximum Gasteiger partial charge on any atom is 0.123 e. The Balaban J connectivity index is 3.40. The van der Waals surface area contributed by atoms with Crippen LogP contribution in [0.1, 0.15) is 17.1 Å². The number of aromatic nitrogens is 2. The van der Waals surface area contributed by atoms with Crippen LogP contribution in [-0.2, 0) is 12.6 Å². The third-order valence-electron chi connectivity index (χ3n) is 1.28. The van der Waals surface area contributed by atoms with Crippen molar-refractivity contribution in [1.82, 2.24) is 9.97 Å². The van der Waals surface area contributed by atoms with Crippen LogP contribution in [0.3, 0.4) is 0 Å². The normalized spacial score (nSPS) is 9.18. The molecule has 3 nitrogen and oxygen atoms in total. The van der Waals surface area contributed by atoms with Gasteiger partial charge < -0.3 is 12.6 Å². The maximum atomic E-state index is 8.59. The summed E-state index contributed by atoms with van der Waals surface area (Å²) in [6.07, 6.45) is 0. The van der Waals surface area contributed by atoms with Crippen molar-refractivity contribution in [1.29, 1.82) is 5.26 Å². The van der Waals surface area contributed by atoms with Gasteiger partial charge in [0.15, 0.2) is 0 Å². The lowest BCUT2D eigenvalue weighted by atomic mass is 10.3. The SMILES string of the molecule is Cc1nc(C)c(C#N)c([S-])n1. The van der Waals surface area contributed by atoms with Gasteiger partial charge in [-0.3, -0.25) is 4.98 Å². The van der Waals surface area contributed by atoms with Crippen LogP contribution in [0.25, 0.3) is 0 Å². The predicted molar refractivity (Wildman–Crippen MR) is 41.9 cm³/mol. The first kappa shape index (κ1) is 7.89. The third kappa shape index (κ3) is 1.44. The van der Waals surface area contributed by atoms with Gasteiger partial charge in [-0.25, -0.2) is 4.98 Å². The van der Waals surface area contributed by atoms with Gasteiger partial charge in [0, 0.05) is 0 Å². The molecule has 0 aliphatic carbocycles. The maximum absolute atomic E-state index is 8.59. The van der Waals surface area contributed by atoms with Crippen molar-refractivity contribution in [3.8, 4) is 6.07 Å². The van der Waals surface area contributed by atoms with Gasteiger partial charge >= 0.3 is 0 Å². The number of hydrogen-bond acceptors (Lipinski definition) is 4. The van der Waals surface area contributed by atoms with Crippen LogP contribution in [-0.4, -0.2) is 9.97 Å². The van der Waals surface area contributed by atoms with Crippen molar-refractivity contribution in [3.63, 3.8) is 0 Å². The zero-order valence-corrected chi connectivity index (χ0v) is 7.07. The molecular weight excluding hydrogens is 158 g/mol. The average molecular weight is 164 g/mol. The molecule has 0 aromatic carbocycles. The quantitative estimate of drug-likeness (QED) is 0.421. The van der Waals surface area contributed by atoms with Gasteiger partial charge in [-0.1, -0.05) is 5.03 Å². The largest absolute Gasteiger partial charge is 0.759 e. The Morgan fingerprint density at radius 2 is 2.00 bits per heavy atom. The Kier molecular flexibility index (Phi) is 2.01. The lowest BCUT2D eigenvalue weighted by Crippen LogP contribution is -1.98. The molecule has 1 rings (SSSR count). The summed E-state index contributed by atoms with van der Waals surface area (Å²) in [6, 6.07) is 1.96. The Morgan fingerprint density at radius 1 is 1.36 bits per heavy atom. The van der Waals surface area contributed by atoms with Crippen molar-refractivity contribution in [2.75, 3.05) is 0 Å². The number of rotatable bonds is 0. The van der Waals surface area contributed by atoms with Gasteiger partial charge in [0.05, 0.1) is 11.3 Å². The fourth-order valence-corrected chi connectivity index (χ4v) is 1.14. The lowest BCUT2D eigenvalue weighted by Gasteiger charge is -2.08. The molecule has 0 spiro atoms. The molecule has 1 aromatic rings. The summed E-state index contributed by atoms with van der Waals surface area (Å²) in [7, 11) is 0. The monoisotopic (exact) mass is 164 g/mol. The van der Waals surface area contributed by atoms with Crippen molar-refractivity contribution in [3.05, 3.63) is 17.1 Å². The van der Waals surface area contributed by atoms with Crippen LogP contribution in [0.15, 0.2) is 5.03 Å². The summed E-state index contributed by atoms with van der Waals surface area (Å²) in [5.74, 6) is 0.617. The van der Waals surface area contributed by atoms with E-state index in [9.17, 15) is 0 Å². The summed E-state index contributed by atoms with van der Waals surface area (Å²) in [5, 5.41) is 8.94. The van der Waals surface area contributed by atoms with Crippen LogP contribution < -0.4 is 0 Å². The first-order valence-corrected chi connectivity index (χ1v) is 3.48. The Morgan fingerprint density at radius 3 is 2.45 bits per heavy atom. The summed E-state index contributed by atoms with van der Waals surface area (Å²) in [4.78, 5) is 7.89. The lowest BCUT2D eigenvalue weighted by molar-refractivity contribution is 0.926. The molecule has 0 saturated heterocycles. The molecule has 0 N–H and O–H groups in total. The Labute approximate surface area is 70.5 Å².